The zero-order valence-electron chi connectivity index (χ0n) is 10.2. The monoisotopic (exact) mass is 288 g/mol. The molecule has 1 aromatic rings. The fourth-order valence-electron chi connectivity index (χ4n) is 2.06. The first-order valence-corrected chi connectivity index (χ1v) is 7.85. The average Bonchev–Trinajstić information content (AvgIpc) is 2.33. The van der Waals surface area contributed by atoms with Crippen LogP contribution < -0.4 is 10.0 Å². The number of nitrogens with one attached hydrogen (secondary N) is 2. The number of piperidine rings is 1. The van der Waals surface area contributed by atoms with Crippen molar-refractivity contribution in [2.24, 2.45) is 0 Å². The molecular weight excluding hydrogens is 272 g/mol. The highest BCUT2D eigenvalue weighted by Crippen LogP contribution is 2.24. The van der Waals surface area contributed by atoms with E-state index in [1.807, 2.05) is 0 Å². The van der Waals surface area contributed by atoms with Gasteiger partial charge in [-0.2, -0.15) is 0 Å². The third-order valence-electron chi connectivity index (χ3n) is 3.06. The lowest BCUT2D eigenvalue weighted by Crippen LogP contribution is -2.45. The summed E-state index contributed by atoms with van der Waals surface area (Å²) < 4.78 is 27.2. The van der Waals surface area contributed by atoms with Crippen LogP contribution in [-0.4, -0.2) is 27.5 Å². The lowest BCUT2D eigenvalue weighted by Gasteiger charge is -2.23. The van der Waals surface area contributed by atoms with E-state index < -0.39 is 10.0 Å². The summed E-state index contributed by atoms with van der Waals surface area (Å²) in [6, 6.07) is 4.98. The molecule has 0 amide bonds. The van der Waals surface area contributed by atoms with E-state index in [0.29, 0.717) is 11.6 Å². The van der Waals surface area contributed by atoms with Gasteiger partial charge in [0.15, 0.2) is 0 Å². The van der Waals surface area contributed by atoms with Crippen LogP contribution in [0.4, 0.5) is 0 Å². The third kappa shape index (κ3) is 3.03. The molecule has 0 spiro atoms. The predicted octanol–water partition coefficient (Wildman–Crippen LogP) is 1.68. The molecule has 0 radical (unpaired) electrons. The van der Waals surface area contributed by atoms with Crippen molar-refractivity contribution in [2.45, 2.75) is 30.7 Å². The molecule has 6 heteroatoms. The number of rotatable bonds is 3. The van der Waals surface area contributed by atoms with Crippen LogP contribution in [0.5, 0.6) is 0 Å². The summed E-state index contributed by atoms with van der Waals surface area (Å²) in [5.74, 6) is 0. The van der Waals surface area contributed by atoms with Gasteiger partial charge in [-0.3, -0.25) is 0 Å². The van der Waals surface area contributed by atoms with E-state index in [9.17, 15) is 8.42 Å². The van der Waals surface area contributed by atoms with Crippen LogP contribution in [0.2, 0.25) is 5.02 Å². The molecule has 100 valence electrons. The second-order valence-electron chi connectivity index (χ2n) is 4.55. The summed E-state index contributed by atoms with van der Waals surface area (Å²) in [5.41, 5.74) is 0.765. The van der Waals surface area contributed by atoms with Gasteiger partial charge in [-0.25, -0.2) is 13.1 Å². The summed E-state index contributed by atoms with van der Waals surface area (Å²) in [5, 5.41) is 3.47. The molecule has 2 rings (SSSR count). The summed E-state index contributed by atoms with van der Waals surface area (Å²) in [6.07, 6.45) is 1.84. The van der Waals surface area contributed by atoms with Crippen LogP contribution in [0.15, 0.2) is 23.1 Å². The fourth-order valence-corrected chi connectivity index (χ4v) is 3.92. The minimum absolute atomic E-state index is 0.0553. The maximum Gasteiger partial charge on any atom is 0.242 e. The molecule has 1 atom stereocenters. The molecule has 2 N–H and O–H groups in total. The van der Waals surface area contributed by atoms with Crippen LogP contribution in [-0.2, 0) is 10.0 Å². The Bertz CT molecular complexity index is 525. The van der Waals surface area contributed by atoms with Gasteiger partial charge in [0, 0.05) is 12.6 Å². The normalized spacial score (nSPS) is 20.9. The van der Waals surface area contributed by atoms with Crippen LogP contribution in [0, 0.1) is 6.92 Å². The van der Waals surface area contributed by atoms with Crippen molar-refractivity contribution in [2.75, 3.05) is 13.1 Å². The number of hydrogen-bond acceptors (Lipinski definition) is 3. The zero-order valence-corrected chi connectivity index (χ0v) is 11.8. The predicted molar refractivity (Wildman–Crippen MR) is 72.4 cm³/mol. The van der Waals surface area contributed by atoms with Gasteiger partial charge in [0.1, 0.15) is 4.90 Å². The molecule has 1 fully saturated rings. The Hall–Kier alpha value is -0.620. The van der Waals surface area contributed by atoms with E-state index in [1.54, 1.807) is 19.1 Å². The minimum atomic E-state index is -3.54. The molecule has 0 bridgehead atoms. The first-order valence-electron chi connectivity index (χ1n) is 5.99. The van der Waals surface area contributed by atoms with Gasteiger partial charge in [-0.1, -0.05) is 23.7 Å². The van der Waals surface area contributed by atoms with E-state index in [-0.39, 0.29) is 10.9 Å². The Labute approximate surface area is 113 Å². The van der Waals surface area contributed by atoms with Gasteiger partial charge in [0.05, 0.1) is 5.02 Å². The molecule has 18 heavy (non-hydrogen) atoms. The van der Waals surface area contributed by atoms with Crippen LogP contribution in [0.25, 0.3) is 0 Å². The first-order chi connectivity index (χ1) is 8.50. The molecule has 1 heterocycles. The second-order valence-corrected chi connectivity index (χ2v) is 6.61. The molecular formula is C12H17ClN2O2S. The Kier molecular flexibility index (Phi) is 4.27. The quantitative estimate of drug-likeness (QED) is 0.890. The number of benzene rings is 1. The summed E-state index contributed by atoms with van der Waals surface area (Å²) >= 11 is 6.06. The molecule has 0 aliphatic carbocycles. The summed E-state index contributed by atoms with van der Waals surface area (Å²) in [6.45, 7) is 3.41. The molecule has 0 saturated carbocycles. The summed E-state index contributed by atoms with van der Waals surface area (Å²) in [4.78, 5) is 0.162. The average molecular weight is 289 g/mol. The number of halogens is 1. The van der Waals surface area contributed by atoms with Crippen molar-refractivity contribution in [1.29, 1.82) is 0 Å². The van der Waals surface area contributed by atoms with Crippen LogP contribution >= 0.6 is 11.6 Å². The van der Waals surface area contributed by atoms with Crippen molar-refractivity contribution < 1.29 is 8.42 Å². The fraction of sp³-hybridized carbons (Fsp3) is 0.500. The SMILES string of the molecule is Cc1cccc(S(=O)(=O)N[C@H]2CCCNC2)c1Cl. The van der Waals surface area contributed by atoms with Crippen LogP contribution in [0.1, 0.15) is 18.4 Å². The van der Waals surface area contributed by atoms with Gasteiger partial charge in [0.2, 0.25) is 10.0 Å². The molecule has 1 aromatic carbocycles. The van der Waals surface area contributed by atoms with Crippen molar-refractivity contribution in [3.05, 3.63) is 28.8 Å². The highest BCUT2D eigenvalue weighted by Gasteiger charge is 2.23. The van der Waals surface area contributed by atoms with E-state index in [0.717, 1.165) is 24.9 Å². The lowest BCUT2D eigenvalue weighted by molar-refractivity contribution is 0.428. The molecule has 0 aromatic heterocycles. The van der Waals surface area contributed by atoms with Gasteiger partial charge in [-0.05, 0) is 37.9 Å². The first kappa shape index (κ1) is 13.8. The Morgan fingerprint density at radius 2 is 2.22 bits per heavy atom. The number of hydrogen-bond donors (Lipinski definition) is 2. The van der Waals surface area contributed by atoms with Gasteiger partial charge in [0.25, 0.3) is 0 Å². The van der Waals surface area contributed by atoms with Gasteiger partial charge < -0.3 is 5.32 Å². The van der Waals surface area contributed by atoms with Crippen molar-refractivity contribution in [3.8, 4) is 0 Å². The van der Waals surface area contributed by atoms with Crippen molar-refractivity contribution in [3.63, 3.8) is 0 Å². The van der Waals surface area contributed by atoms with E-state index >= 15 is 0 Å². The van der Waals surface area contributed by atoms with E-state index in [2.05, 4.69) is 10.0 Å². The highest BCUT2D eigenvalue weighted by atomic mass is 35.5. The smallest absolute Gasteiger partial charge is 0.242 e. The number of aryl methyl sites for hydroxylation is 1. The van der Waals surface area contributed by atoms with Gasteiger partial charge >= 0.3 is 0 Å². The maximum absolute atomic E-state index is 12.3. The Balaban J connectivity index is 2.22. The standard InChI is InChI=1S/C12H17ClN2O2S/c1-9-4-2-6-11(12(9)13)18(16,17)15-10-5-3-7-14-8-10/h2,4,6,10,14-15H,3,5,7-8H2,1H3/t10-/m0/s1. The number of sulfonamides is 1. The second kappa shape index (κ2) is 5.57. The zero-order chi connectivity index (χ0) is 13.2. The van der Waals surface area contributed by atoms with E-state index in [1.165, 1.54) is 6.07 Å². The summed E-state index contributed by atoms with van der Waals surface area (Å²) in [7, 11) is -3.54. The molecule has 1 aliphatic rings. The lowest BCUT2D eigenvalue weighted by atomic mass is 10.1. The molecule has 1 saturated heterocycles. The third-order valence-corrected chi connectivity index (χ3v) is 5.24. The van der Waals surface area contributed by atoms with Crippen molar-refractivity contribution >= 4 is 21.6 Å². The van der Waals surface area contributed by atoms with Gasteiger partial charge in [-0.15, -0.1) is 0 Å². The minimum Gasteiger partial charge on any atom is -0.315 e. The highest BCUT2D eigenvalue weighted by molar-refractivity contribution is 7.89. The Morgan fingerprint density at radius 1 is 1.44 bits per heavy atom. The van der Waals surface area contributed by atoms with Crippen LogP contribution in [0.3, 0.4) is 0 Å². The topological polar surface area (TPSA) is 58.2 Å². The molecule has 1 aliphatic heterocycles. The molecule has 0 unspecified atom stereocenters. The Morgan fingerprint density at radius 3 is 2.89 bits per heavy atom. The van der Waals surface area contributed by atoms with E-state index in [4.69, 9.17) is 11.6 Å². The van der Waals surface area contributed by atoms with Crippen molar-refractivity contribution in [1.82, 2.24) is 10.0 Å². The maximum atomic E-state index is 12.3. The molecule has 4 nitrogen and oxygen atoms in total. The largest absolute Gasteiger partial charge is 0.315 e.